The van der Waals surface area contributed by atoms with Crippen LogP contribution in [0.2, 0.25) is 0 Å². The van der Waals surface area contributed by atoms with Crippen LogP contribution < -0.4 is 4.90 Å². The second-order valence-electron chi connectivity index (χ2n) is 4.46. The third-order valence-corrected chi connectivity index (χ3v) is 3.36. The molecule has 2 heterocycles. The Morgan fingerprint density at radius 2 is 2.11 bits per heavy atom. The van der Waals surface area contributed by atoms with Crippen molar-refractivity contribution in [1.82, 2.24) is 9.97 Å². The normalized spacial score (nSPS) is 23.8. The molecule has 3 rings (SSSR count). The Balaban J connectivity index is 2.00. The van der Waals surface area contributed by atoms with E-state index in [9.17, 15) is 5.11 Å². The maximum Gasteiger partial charge on any atom is 0.140 e. The highest BCUT2D eigenvalue weighted by atomic mass is 16.5. The van der Waals surface area contributed by atoms with Crippen molar-refractivity contribution >= 4 is 16.7 Å². The average molecular weight is 245 g/mol. The van der Waals surface area contributed by atoms with Crippen molar-refractivity contribution in [3.63, 3.8) is 0 Å². The highest BCUT2D eigenvalue weighted by Gasteiger charge is 2.32. The fourth-order valence-electron chi connectivity index (χ4n) is 2.40. The molecule has 0 saturated carbocycles. The van der Waals surface area contributed by atoms with Crippen molar-refractivity contribution in [2.45, 2.75) is 12.2 Å². The molecule has 1 fully saturated rings. The van der Waals surface area contributed by atoms with Gasteiger partial charge in [-0.3, -0.25) is 0 Å². The number of aliphatic hydroxyl groups is 1. The van der Waals surface area contributed by atoms with Crippen LogP contribution in [0, 0.1) is 0 Å². The lowest BCUT2D eigenvalue weighted by atomic mass is 10.2. The van der Waals surface area contributed by atoms with Crippen LogP contribution in [0.25, 0.3) is 10.9 Å². The number of methoxy groups -OCH3 is 1. The van der Waals surface area contributed by atoms with Crippen LogP contribution in [0.3, 0.4) is 0 Å². The van der Waals surface area contributed by atoms with E-state index in [2.05, 4.69) is 9.97 Å². The Labute approximate surface area is 105 Å². The van der Waals surface area contributed by atoms with Gasteiger partial charge < -0.3 is 14.7 Å². The molecule has 2 aromatic rings. The maximum absolute atomic E-state index is 9.88. The van der Waals surface area contributed by atoms with Crippen molar-refractivity contribution in [2.75, 3.05) is 25.1 Å². The molecule has 1 N–H and O–H groups in total. The standard InChI is InChI=1S/C13H15N3O2/c1-18-12-7-16(6-11(12)17)13-9-4-2-3-5-10(9)14-8-15-13/h2-5,8,11-12,17H,6-7H2,1H3/t11-,12-/m1/s1. The quantitative estimate of drug-likeness (QED) is 0.849. The van der Waals surface area contributed by atoms with Gasteiger partial charge >= 0.3 is 0 Å². The van der Waals surface area contributed by atoms with Crippen molar-refractivity contribution in [2.24, 2.45) is 0 Å². The molecular weight excluding hydrogens is 230 g/mol. The molecule has 1 aromatic heterocycles. The Morgan fingerprint density at radius 1 is 1.28 bits per heavy atom. The number of rotatable bonds is 2. The minimum absolute atomic E-state index is 0.154. The lowest BCUT2D eigenvalue weighted by Gasteiger charge is -2.18. The zero-order valence-electron chi connectivity index (χ0n) is 10.2. The van der Waals surface area contributed by atoms with E-state index in [0.717, 1.165) is 16.7 Å². The van der Waals surface area contributed by atoms with E-state index in [1.54, 1.807) is 13.4 Å². The zero-order chi connectivity index (χ0) is 12.5. The van der Waals surface area contributed by atoms with Crippen molar-refractivity contribution in [3.05, 3.63) is 30.6 Å². The predicted octanol–water partition coefficient (Wildman–Crippen LogP) is 0.826. The van der Waals surface area contributed by atoms with Crippen LogP contribution in [0.5, 0.6) is 0 Å². The molecule has 0 spiro atoms. The third kappa shape index (κ3) is 1.81. The number of aliphatic hydroxyl groups excluding tert-OH is 1. The molecule has 0 amide bonds. The highest BCUT2D eigenvalue weighted by molar-refractivity contribution is 5.89. The Morgan fingerprint density at radius 3 is 2.89 bits per heavy atom. The van der Waals surface area contributed by atoms with Gasteiger partial charge in [0.25, 0.3) is 0 Å². The molecule has 0 aliphatic carbocycles. The highest BCUT2D eigenvalue weighted by Crippen LogP contribution is 2.26. The molecule has 94 valence electrons. The monoisotopic (exact) mass is 245 g/mol. The smallest absolute Gasteiger partial charge is 0.140 e. The summed E-state index contributed by atoms with van der Waals surface area (Å²) < 4.78 is 5.25. The molecule has 5 heteroatoms. The van der Waals surface area contributed by atoms with E-state index in [1.165, 1.54) is 0 Å². The molecule has 18 heavy (non-hydrogen) atoms. The first-order valence-electron chi connectivity index (χ1n) is 5.95. The summed E-state index contributed by atoms with van der Waals surface area (Å²) in [7, 11) is 1.62. The molecule has 0 radical (unpaired) electrons. The number of ether oxygens (including phenoxy) is 1. The summed E-state index contributed by atoms with van der Waals surface area (Å²) in [6, 6.07) is 7.88. The van der Waals surface area contributed by atoms with Gasteiger partial charge in [0.1, 0.15) is 18.2 Å². The summed E-state index contributed by atoms with van der Waals surface area (Å²) in [6.07, 6.45) is 0.937. The van der Waals surface area contributed by atoms with E-state index in [4.69, 9.17) is 4.74 Å². The first-order valence-corrected chi connectivity index (χ1v) is 5.95. The Bertz CT molecular complexity index is 555. The number of fused-ring (bicyclic) bond motifs is 1. The maximum atomic E-state index is 9.88. The van der Waals surface area contributed by atoms with Gasteiger partial charge in [-0.05, 0) is 12.1 Å². The van der Waals surface area contributed by atoms with E-state index in [1.807, 2.05) is 29.2 Å². The third-order valence-electron chi connectivity index (χ3n) is 3.36. The summed E-state index contributed by atoms with van der Waals surface area (Å²) in [4.78, 5) is 10.6. The first kappa shape index (κ1) is 11.4. The van der Waals surface area contributed by atoms with E-state index >= 15 is 0 Å². The molecule has 1 aromatic carbocycles. The number of anilines is 1. The van der Waals surface area contributed by atoms with Crippen LogP contribution in [0.4, 0.5) is 5.82 Å². The van der Waals surface area contributed by atoms with Gasteiger partial charge in [-0.1, -0.05) is 12.1 Å². The molecule has 0 bridgehead atoms. The van der Waals surface area contributed by atoms with E-state index in [-0.39, 0.29) is 6.10 Å². The Kier molecular flexibility index (Phi) is 2.85. The fourth-order valence-corrected chi connectivity index (χ4v) is 2.40. The topological polar surface area (TPSA) is 58.5 Å². The summed E-state index contributed by atoms with van der Waals surface area (Å²) in [5.41, 5.74) is 0.915. The summed E-state index contributed by atoms with van der Waals surface area (Å²) in [5, 5.41) is 10.9. The average Bonchev–Trinajstić information content (AvgIpc) is 2.79. The van der Waals surface area contributed by atoms with E-state index < -0.39 is 6.10 Å². The van der Waals surface area contributed by atoms with Gasteiger partial charge in [-0.15, -0.1) is 0 Å². The number of benzene rings is 1. The molecule has 5 nitrogen and oxygen atoms in total. The molecule has 1 aliphatic rings. The second-order valence-corrected chi connectivity index (χ2v) is 4.46. The van der Waals surface area contributed by atoms with Crippen molar-refractivity contribution in [1.29, 1.82) is 0 Å². The molecule has 1 saturated heterocycles. The molecule has 1 aliphatic heterocycles. The minimum atomic E-state index is -0.469. The van der Waals surface area contributed by atoms with Gasteiger partial charge in [0, 0.05) is 25.6 Å². The lowest BCUT2D eigenvalue weighted by Crippen LogP contribution is -2.25. The van der Waals surface area contributed by atoms with Gasteiger partial charge in [-0.25, -0.2) is 9.97 Å². The van der Waals surface area contributed by atoms with Crippen LogP contribution in [-0.2, 0) is 4.74 Å². The molecule has 0 unspecified atom stereocenters. The largest absolute Gasteiger partial charge is 0.388 e. The number of hydrogen-bond donors (Lipinski definition) is 1. The van der Waals surface area contributed by atoms with Gasteiger partial charge in [0.15, 0.2) is 0 Å². The van der Waals surface area contributed by atoms with Gasteiger partial charge in [0.2, 0.25) is 0 Å². The zero-order valence-corrected chi connectivity index (χ0v) is 10.2. The van der Waals surface area contributed by atoms with E-state index in [0.29, 0.717) is 13.1 Å². The molecule has 2 atom stereocenters. The number of nitrogens with zero attached hydrogens (tertiary/aromatic N) is 3. The van der Waals surface area contributed by atoms with Crippen molar-refractivity contribution < 1.29 is 9.84 Å². The Hall–Kier alpha value is -1.72. The van der Waals surface area contributed by atoms with Crippen LogP contribution >= 0.6 is 0 Å². The van der Waals surface area contributed by atoms with Crippen molar-refractivity contribution in [3.8, 4) is 0 Å². The minimum Gasteiger partial charge on any atom is -0.388 e. The van der Waals surface area contributed by atoms with Gasteiger partial charge in [0.05, 0.1) is 11.6 Å². The van der Waals surface area contributed by atoms with Gasteiger partial charge in [-0.2, -0.15) is 0 Å². The number of hydrogen-bond acceptors (Lipinski definition) is 5. The number of para-hydroxylation sites is 1. The second kappa shape index (κ2) is 4.51. The predicted molar refractivity (Wildman–Crippen MR) is 68.6 cm³/mol. The number of β-amino-alcohol motifs (C(OH)–C–C–N with tert-alkyl or cyclic N) is 1. The molecular formula is C13H15N3O2. The number of aromatic nitrogens is 2. The van der Waals surface area contributed by atoms with Crippen LogP contribution in [-0.4, -0.2) is 47.5 Å². The fraction of sp³-hybridized carbons (Fsp3) is 0.385. The SMILES string of the molecule is CO[C@@H]1CN(c2ncnc3ccccc23)C[C@H]1O. The lowest BCUT2D eigenvalue weighted by molar-refractivity contribution is 0.0217. The van der Waals surface area contributed by atoms with Crippen LogP contribution in [0.15, 0.2) is 30.6 Å². The summed E-state index contributed by atoms with van der Waals surface area (Å²) in [6.45, 7) is 1.19. The summed E-state index contributed by atoms with van der Waals surface area (Å²) in [5.74, 6) is 0.860. The van der Waals surface area contributed by atoms with Crippen LogP contribution in [0.1, 0.15) is 0 Å². The first-order chi connectivity index (χ1) is 8.79. The summed E-state index contributed by atoms with van der Waals surface area (Å²) >= 11 is 0.